The molecule has 0 atom stereocenters. The highest BCUT2D eigenvalue weighted by atomic mass is 32.1. The summed E-state index contributed by atoms with van der Waals surface area (Å²) in [6.45, 7) is 6.86. The van der Waals surface area contributed by atoms with Crippen LogP contribution >= 0.6 is 11.3 Å². The van der Waals surface area contributed by atoms with E-state index in [2.05, 4.69) is 33.0 Å². The molecule has 18 heavy (non-hydrogen) atoms. The van der Waals surface area contributed by atoms with Gasteiger partial charge in [-0.2, -0.15) is 11.3 Å². The van der Waals surface area contributed by atoms with E-state index in [1.165, 1.54) is 11.1 Å². The zero-order valence-corrected chi connectivity index (χ0v) is 11.8. The lowest BCUT2D eigenvalue weighted by Gasteiger charge is -2.11. The molecule has 0 unspecified atom stereocenters. The van der Waals surface area contributed by atoms with Crippen molar-refractivity contribution in [3.05, 3.63) is 33.3 Å². The van der Waals surface area contributed by atoms with Crippen molar-refractivity contribution >= 4 is 23.0 Å². The van der Waals surface area contributed by atoms with Gasteiger partial charge in [-0.1, -0.05) is 6.92 Å². The molecular formula is C13H18N4S. The zero-order valence-electron chi connectivity index (χ0n) is 10.9. The molecule has 2 aromatic rings. The van der Waals surface area contributed by atoms with Crippen molar-refractivity contribution < 1.29 is 0 Å². The van der Waals surface area contributed by atoms with E-state index in [1.54, 1.807) is 11.3 Å². The van der Waals surface area contributed by atoms with Crippen LogP contribution in [0.5, 0.6) is 0 Å². The molecule has 0 aromatic carbocycles. The summed E-state index contributed by atoms with van der Waals surface area (Å²) in [7, 11) is 0. The lowest BCUT2D eigenvalue weighted by atomic mass is 10.2. The smallest absolute Gasteiger partial charge is 0.135 e. The van der Waals surface area contributed by atoms with Gasteiger partial charge in [0.1, 0.15) is 17.5 Å². The lowest BCUT2D eigenvalue weighted by Crippen LogP contribution is -2.09. The molecular weight excluding hydrogens is 244 g/mol. The summed E-state index contributed by atoms with van der Waals surface area (Å²) in [6, 6.07) is 0. The minimum Gasteiger partial charge on any atom is -0.383 e. The van der Waals surface area contributed by atoms with E-state index in [0.717, 1.165) is 30.2 Å². The Morgan fingerprint density at radius 2 is 2.06 bits per heavy atom. The van der Waals surface area contributed by atoms with Gasteiger partial charge in [-0.15, -0.1) is 0 Å². The van der Waals surface area contributed by atoms with Crippen molar-refractivity contribution in [2.45, 2.75) is 33.7 Å². The van der Waals surface area contributed by atoms with Gasteiger partial charge in [0, 0.05) is 18.5 Å². The maximum Gasteiger partial charge on any atom is 0.135 e. The van der Waals surface area contributed by atoms with Crippen molar-refractivity contribution in [1.29, 1.82) is 0 Å². The van der Waals surface area contributed by atoms with Gasteiger partial charge in [-0.05, 0) is 35.7 Å². The predicted octanol–water partition coefficient (Wildman–Crippen LogP) is 2.91. The van der Waals surface area contributed by atoms with Crippen LogP contribution in [0.2, 0.25) is 0 Å². The zero-order chi connectivity index (χ0) is 13.1. The van der Waals surface area contributed by atoms with Crippen molar-refractivity contribution in [2.24, 2.45) is 0 Å². The minimum absolute atomic E-state index is 0.561. The number of hydrogen-bond donors (Lipinski definition) is 2. The average molecular weight is 262 g/mol. The van der Waals surface area contributed by atoms with E-state index >= 15 is 0 Å². The number of nitrogens with one attached hydrogen (secondary N) is 1. The number of thiophene rings is 1. The molecule has 0 saturated carbocycles. The Morgan fingerprint density at radius 3 is 2.67 bits per heavy atom. The summed E-state index contributed by atoms with van der Waals surface area (Å²) < 4.78 is 0. The fourth-order valence-electron chi connectivity index (χ4n) is 1.66. The van der Waals surface area contributed by atoms with Crippen LogP contribution in [0.3, 0.4) is 0 Å². The number of hydrogen-bond acceptors (Lipinski definition) is 5. The van der Waals surface area contributed by atoms with Gasteiger partial charge >= 0.3 is 0 Å². The van der Waals surface area contributed by atoms with Gasteiger partial charge in [-0.3, -0.25) is 0 Å². The van der Waals surface area contributed by atoms with E-state index in [0.29, 0.717) is 5.82 Å². The van der Waals surface area contributed by atoms with Crippen molar-refractivity contribution in [1.82, 2.24) is 9.97 Å². The van der Waals surface area contributed by atoms with Crippen LogP contribution in [-0.2, 0) is 13.0 Å². The Labute approximate surface area is 111 Å². The summed E-state index contributed by atoms with van der Waals surface area (Å²) in [4.78, 5) is 8.73. The van der Waals surface area contributed by atoms with Crippen LogP contribution in [0.4, 0.5) is 11.6 Å². The van der Waals surface area contributed by atoms with Gasteiger partial charge in [0.05, 0.1) is 0 Å². The predicted molar refractivity (Wildman–Crippen MR) is 76.9 cm³/mol. The van der Waals surface area contributed by atoms with Crippen LogP contribution in [-0.4, -0.2) is 9.97 Å². The minimum atomic E-state index is 0.561. The topological polar surface area (TPSA) is 63.8 Å². The second-order valence-electron chi connectivity index (χ2n) is 4.29. The number of nitrogens with zero attached hydrogens (tertiary/aromatic N) is 2. The Balaban J connectivity index is 2.18. The number of anilines is 2. The number of aryl methyl sites for hydroxylation is 2. The summed E-state index contributed by atoms with van der Waals surface area (Å²) in [5, 5.41) is 7.65. The van der Waals surface area contributed by atoms with Gasteiger partial charge in [0.25, 0.3) is 0 Å². The molecule has 0 fully saturated rings. The highest BCUT2D eigenvalue weighted by molar-refractivity contribution is 7.08. The molecule has 0 saturated heterocycles. The molecule has 0 aliphatic carbocycles. The van der Waals surface area contributed by atoms with Crippen molar-refractivity contribution in [3.8, 4) is 0 Å². The van der Waals surface area contributed by atoms with Gasteiger partial charge in [0.2, 0.25) is 0 Å². The molecule has 2 rings (SSSR count). The number of nitrogens with two attached hydrogens (primary N) is 1. The van der Waals surface area contributed by atoms with E-state index in [4.69, 9.17) is 5.73 Å². The van der Waals surface area contributed by atoms with E-state index in [1.807, 2.05) is 13.8 Å². The summed E-state index contributed by atoms with van der Waals surface area (Å²) in [6.07, 6.45) is 0.788. The normalized spacial score (nSPS) is 10.6. The van der Waals surface area contributed by atoms with E-state index in [-0.39, 0.29) is 0 Å². The monoisotopic (exact) mass is 262 g/mol. The highest BCUT2D eigenvalue weighted by Crippen LogP contribution is 2.20. The Hall–Kier alpha value is -1.62. The molecule has 0 amide bonds. The molecule has 4 nitrogen and oxygen atoms in total. The first kappa shape index (κ1) is 12.8. The summed E-state index contributed by atoms with van der Waals surface area (Å²) in [5.74, 6) is 2.18. The third-order valence-corrected chi connectivity index (χ3v) is 3.86. The van der Waals surface area contributed by atoms with Crippen molar-refractivity contribution in [2.75, 3.05) is 11.1 Å². The lowest BCUT2D eigenvalue weighted by molar-refractivity contribution is 0.928. The van der Waals surface area contributed by atoms with Crippen LogP contribution < -0.4 is 11.1 Å². The first-order valence-electron chi connectivity index (χ1n) is 6.00. The number of nitrogen functional groups attached to an aromatic ring is 1. The second-order valence-corrected chi connectivity index (χ2v) is 5.03. The summed E-state index contributed by atoms with van der Waals surface area (Å²) >= 11 is 1.72. The van der Waals surface area contributed by atoms with Gasteiger partial charge in [-0.25, -0.2) is 9.97 Å². The standard InChI is InChI=1S/C13H18N4S/c1-4-11-16-12(14)9(3)13(17-11)15-5-10-7-18-6-8(10)2/h6-7H,4-5H2,1-3H3,(H3,14,15,16,17). The Kier molecular flexibility index (Phi) is 3.81. The molecule has 2 aromatic heterocycles. The first-order chi connectivity index (χ1) is 8.61. The fourth-order valence-corrected chi connectivity index (χ4v) is 2.52. The maximum absolute atomic E-state index is 5.89. The van der Waals surface area contributed by atoms with Crippen LogP contribution in [0.25, 0.3) is 0 Å². The Morgan fingerprint density at radius 1 is 1.28 bits per heavy atom. The molecule has 0 bridgehead atoms. The molecule has 2 heterocycles. The molecule has 0 aliphatic heterocycles. The van der Waals surface area contributed by atoms with Crippen LogP contribution in [0.1, 0.15) is 29.4 Å². The molecule has 96 valence electrons. The molecule has 0 radical (unpaired) electrons. The highest BCUT2D eigenvalue weighted by Gasteiger charge is 2.08. The number of aromatic nitrogens is 2. The molecule has 0 aliphatic rings. The van der Waals surface area contributed by atoms with Crippen LogP contribution in [0, 0.1) is 13.8 Å². The summed E-state index contributed by atoms with van der Waals surface area (Å²) in [5.41, 5.74) is 9.41. The van der Waals surface area contributed by atoms with Crippen LogP contribution in [0.15, 0.2) is 10.8 Å². The third kappa shape index (κ3) is 2.61. The average Bonchev–Trinajstić information content (AvgIpc) is 2.76. The molecule has 5 heteroatoms. The van der Waals surface area contributed by atoms with E-state index < -0.39 is 0 Å². The van der Waals surface area contributed by atoms with Crippen molar-refractivity contribution in [3.63, 3.8) is 0 Å². The second kappa shape index (κ2) is 5.35. The van der Waals surface area contributed by atoms with E-state index in [9.17, 15) is 0 Å². The Bertz CT molecular complexity index is 548. The SMILES string of the molecule is CCc1nc(N)c(C)c(NCc2cscc2C)n1. The van der Waals surface area contributed by atoms with Gasteiger partial charge < -0.3 is 11.1 Å². The van der Waals surface area contributed by atoms with Gasteiger partial charge in [0.15, 0.2) is 0 Å². The molecule has 3 N–H and O–H groups in total. The maximum atomic E-state index is 5.89. The largest absolute Gasteiger partial charge is 0.383 e. The number of rotatable bonds is 4. The quantitative estimate of drug-likeness (QED) is 0.889. The fraction of sp³-hybridized carbons (Fsp3) is 0.385. The molecule has 0 spiro atoms. The first-order valence-corrected chi connectivity index (χ1v) is 6.94. The third-order valence-electron chi connectivity index (χ3n) is 2.95.